The van der Waals surface area contributed by atoms with Crippen molar-refractivity contribution in [1.82, 2.24) is 14.8 Å². The van der Waals surface area contributed by atoms with Gasteiger partial charge in [-0.25, -0.2) is 4.98 Å². The van der Waals surface area contributed by atoms with Crippen LogP contribution in [0.2, 0.25) is 0 Å². The van der Waals surface area contributed by atoms with Gasteiger partial charge in [-0.3, -0.25) is 9.69 Å². The maximum Gasteiger partial charge on any atom is 0.228 e. The number of nitrogens with zero attached hydrogens (tertiary/aromatic N) is 3. The third kappa shape index (κ3) is 3.56. The molecule has 1 aromatic heterocycles. The summed E-state index contributed by atoms with van der Waals surface area (Å²) in [5.41, 5.74) is 0.926. The Morgan fingerprint density at radius 2 is 2.00 bits per heavy atom. The number of hydrogen-bond acceptors (Lipinski definition) is 5. The highest BCUT2D eigenvalue weighted by Gasteiger charge is 2.19. The molecule has 3 heterocycles. The molecule has 0 unspecified atom stereocenters. The number of thiazole rings is 1. The molecule has 2 fully saturated rings. The van der Waals surface area contributed by atoms with Crippen LogP contribution >= 0.6 is 11.3 Å². The zero-order chi connectivity index (χ0) is 13.8. The molecule has 1 amide bonds. The lowest BCUT2D eigenvalue weighted by molar-refractivity contribution is -0.129. The highest BCUT2D eigenvalue weighted by atomic mass is 32.1. The SMILES string of the molecule is O=C(Cc1csc(CN2CCOCC2)n1)N1CCCC1. The summed E-state index contributed by atoms with van der Waals surface area (Å²) in [6.07, 6.45) is 2.75. The number of hydrogen-bond donors (Lipinski definition) is 0. The molecule has 2 aliphatic heterocycles. The molecule has 0 spiro atoms. The van der Waals surface area contributed by atoms with Crippen LogP contribution < -0.4 is 0 Å². The summed E-state index contributed by atoms with van der Waals surface area (Å²) >= 11 is 1.66. The Morgan fingerprint density at radius 3 is 2.75 bits per heavy atom. The van der Waals surface area contributed by atoms with Gasteiger partial charge in [0.05, 0.1) is 31.9 Å². The molecule has 110 valence electrons. The Kier molecular flexibility index (Phi) is 4.65. The van der Waals surface area contributed by atoms with E-state index < -0.39 is 0 Å². The number of ether oxygens (including phenoxy) is 1. The second-order valence-corrected chi connectivity index (χ2v) is 6.33. The van der Waals surface area contributed by atoms with E-state index in [0.29, 0.717) is 6.42 Å². The van der Waals surface area contributed by atoms with Crippen LogP contribution in [0.15, 0.2) is 5.38 Å². The summed E-state index contributed by atoms with van der Waals surface area (Å²) in [7, 11) is 0. The molecule has 0 N–H and O–H groups in total. The molecule has 5 nitrogen and oxygen atoms in total. The highest BCUT2D eigenvalue weighted by molar-refractivity contribution is 7.09. The average Bonchev–Trinajstić information content (AvgIpc) is 3.11. The maximum absolute atomic E-state index is 12.1. The molecule has 0 bridgehead atoms. The Labute approximate surface area is 123 Å². The van der Waals surface area contributed by atoms with Crippen LogP contribution in [-0.2, 0) is 22.5 Å². The zero-order valence-corrected chi connectivity index (χ0v) is 12.5. The number of carbonyl (C=O) groups is 1. The summed E-state index contributed by atoms with van der Waals surface area (Å²) in [6.45, 7) is 6.29. The normalized spacial score (nSPS) is 20.5. The number of carbonyl (C=O) groups excluding carboxylic acids is 1. The minimum absolute atomic E-state index is 0.228. The fourth-order valence-electron chi connectivity index (χ4n) is 2.69. The van der Waals surface area contributed by atoms with E-state index in [2.05, 4.69) is 9.88 Å². The first kappa shape index (κ1) is 14.0. The Balaban J connectivity index is 1.52. The van der Waals surface area contributed by atoms with Gasteiger partial charge in [-0.15, -0.1) is 11.3 Å². The molecule has 0 aromatic carbocycles. The molecular formula is C14H21N3O2S. The second-order valence-electron chi connectivity index (χ2n) is 5.39. The third-order valence-electron chi connectivity index (χ3n) is 3.85. The molecule has 0 radical (unpaired) electrons. The minimum atomic E-state index is 0.228. The van der Waals surface area contributed by atoms with E-state index >= 15 is 0 Å². The van der Waals surface area contributed by atoms with Crippen LogP contribution in [0.4, 0.5) is 0 Å². The third-order valence-corrected chi connectivity index (χ3v) is 4.74. The Bertz CT molecular complexity index is 451. The summed E-state index contributed by atoms with van der Waals surface area (Å²) in [5.74, 6) is 0.228. The van der Waals surface area contributed by atoms with Crippen molar-refractivity contribution in [2.24, 2.45) is 0 Å². The minimum Gasteiger partial charge on any atom is -0.379 e. The summed E-state index contributed by atoms with van der Waals surface area (Å²) in [5, 5.41) is 3.14. The van der Waals surface area contributed by atoms with Gasteiger partial charge in [0.2, 0.25) is 5.91 Å². The Morgan fingerprint density at radius 1 is 1.25 bits per heavy atom. The topological polar surface area (TPSA) is 45.7 Å². The standard InChI is InChI=1S/C14H21N3O2S/c18-14(17-3-1-2-4-17)9-12-11-20-13(15-12)10-16-5-7-19-8-6-16/h11H,1-10H2. The number of likely N-dealkylation sites (tertiary alicyclic amines) is 1. The molecule has 0 atom stereocenters. The number of rotatable bonds is 4. The number of morpholine rings is 1. The van der Waals surface area contributed by atoms with Gasteiger partial charge in [0.25, 0.3) is 0 Å². The number of amides is 1. The van der Waals surface area contributed by atoms with Gasteiger partial charge in [0, 0.05) is 31.6 Å². The van der Waals surface area contributed by atoms with Gasteiger partial charge >= 0.3 is 0 Å². The van der Waals surface area contributed by atoms with Crippen LogP contribution in [0.5, 0.6) is 0 Å². The summed E-state index contributed by atoms with van der Waals surface area (Å²) in [4.78, 5) is 21.0. The molecule has 2 saturated heterocycles. The number of aromatic nitrogens is 1. The van der Waals surface area contributed by atoms with Crippen LogP contribution in [0.1, 0.15) is 23.5 Å². The maximum atomic E-state index is 12.1. The van der Waals surface area contributed by atoms with Crippen LogP contribution in [0.3, 0.4) is 0 Å². The molecule has 0 aliphatic carbocycles. The first-order valence-corrected chi connectivity index (χ1v) is 8.20. The van der Waals surface area contributed by atoms with Gasteiger partial charge < -0.3 is 9.64 Å². The summed E-state index contributed by atoms with van der Waals surface area (Å²) in [6, 6.07) is 0. The van der Waals surface area contributed by atoms with Crippen molar-refractivity contribution < 1.29 is 9.53 Å². The average molecular weight is 295 g/mol. The van der Waals surface area contributed by atoms with E-state index in [0.717, 1.165) is 69.5 Å². The molecule has 0 saturated carbocycles. The molecule has 2 aliphatic rings. The molecule has 6 heteroatoms. The zero-order valence-electron chi connectivity index (χ0n) is 11.7. The molecule has 20 heavy (non-hydrogen) atoms. The van der Waals surface area contributed by atoms with Crippen LogP contribution in [-0.4, -0.2) is 60.1 Å². The fourth-order valence-corrected chi connectivity index (χ4v) is 3.52. The Hall–Kier alpha value is -0.980. The van der Waals surface area contributed by atoms with Crippen molar-refractivity contribution in [3.63, 3.8) is 0 Å². The quantitative estimate of drug-likeness (QED) is 0.836. The van der Waals surface area contributed by atoms with Crippen molar-refractivity contribution in [3.8, 4) is 0 Å². The molecular weight excluding hydrogens is 274 g/mol. The molecule has 1 aromatic rings. The lowest BCUT2D eigenvalue weighted by Gasteiger charge is -2.25. The van der Waals surface area contributed by atoms with E-state index in [9.17, 15) is 4.79 Å². The van der Waals surface area contributed by atoms with Crippen molar-refractivity contribution in [2.75, 3.05) is 39.4 Å². The van der Waals surface area contributed by atoms with Crippen molar-refractivity contribution >= 4 is 17.2 Å². The monoisotopic (exact) mass is 295 g/mol. The van der Waals surface area contributed by atoms with Gasteiger partial charge in [0.15, 0.2) is 0 Å². The lowest BCUT2D eigenvalue weighted by atomic mass is 10.3. The predicted molar refractivity (Wildman–Crippen MR) is 77.7 cm³/mol. The lowest BCUT2D eigenvalue weighted by Crippen LogP contribution is -2.35. The highest BCUT2D eigenvalue weighted by Crippen LogP contribution is 2.16. The first-order chi connectivity index (χ1) is 9.81. The smallest absolute Gasteiger partial charge is 0.228 e. The fraction of sp³-hybridized carbons (Fsp3) is 0.714. The van der Waals surface area contributed by atoms with E-state index in [1.54, 1.807) is 11.3 Å². The van der Waals surface area contributed by atoms with E-state index in [1.165, 1.54) is 0 Å². The molecule has 3 rings (SSSR count). The van der Waals surface area contributed by atoms with Crippen molar-refractivity contribution in [3.05, 3.63) is 16.1 Å². The van der Waals surface area contributed by atoms with Gasteiger partial charge in [-0.2, -0.15) is 0 Å². The van der Waals surface area contributed by atoms with Gasteiger partial charge in [-0.1, -0.05) is 0 Å². The first-order valence-electron chi connectivity index (χ1n) is 7.32. The van der Waals surface area contributed by atoms with E-state index in [-0.39, 0.29) is 5.91 Å². The second kappa shape index (κ2) is 6.65. The van der Waals surface area contributed by atoms with E-state index in [4.69, 9.17) is 4.74 Å². The van der Waals surface area contributed by atoms with Crippen molar-refractivity contribution in [1.29, 1.82) is 0 Å². The predicted octanol–water partition coefficient (Wildman–Crippen LogP) is 1.14. The van der Waals surface area contributed by atoms with E-state index in [1.807, 2.05) is 10.3 Å². The van der Waals surface area contributed by atoms with Crippen LogP contribution in [0.25, 0.3) is 0 Å². The van der Waals surface area contributed by atoms with Gasteiger partial charge in [-0.05, 0) is 12.8 Å². The van der Waals surface area contributed by atoms with Crippen molar-refractivity contribution in [2.45, 2.75) is 25.8 Å². The van der Waals surface area contributed by atoms with Gasteiger partial charge in [0.1, 0.15) is 5.01 Å². The largest absolute Gasteiger partial charge is 0.379 e. The summed E-state index contributed by atoms with van der Waals surface area (Å²) < 4.78 is 5.34. The van der Waals surface area contributed by atoms with Crippen LogP contribution in [0, 0.1) is 0 Å².